The van der Waals surface area contributed by atoms with Gasteiger partial charge in [0.25, 0.3) is 5.91 Å². The van der Waals surface area contributed by atoms with E-state index >= 15 is 0 Å². The maximum Gasteiger partial charge on any atom is 0.298 e. The molecule has 1 amide bonds. The number of aliphatic hydroxyl groups is 1. The van der Waals surface area contributed by atoms with Crippen molar-refractivity contribution in [1.29, 1.82) is 0 Å². The van der Waals surface area contributed by atoms with E-state index in [9.17, 15) is 9.18 Å². The van der Waals surface area contributed by atoms with Gasteiger partial charge >= 0.3 is 0 Å². The van der Waals surface area contributed by atoms with Gasteiger partial charge in [-0.3, -0.25) is 20.1 Å². The SMILES string of the molecule is O=C(NOCCO)C1=C[N+]2C=NC=C2CN1Nc1ccc(Br)cc1F. The standard InChI is InChI=1S/C15H15BrFN5O3/c16-10-1-2-13(12(17)5-10)19-22-7-11-6-18-9-21(11)8-14(22)15(24)20-25-4-3-23/h1-2,5-6,8-9,19,23H,3-4,7H2,(H,20,24)/q+1. The van der Waals surface area contributed by atoms with Crippen molar-refractivity contribution in [2.24, 2.45) is 4.99 Å². The fourth-order valence-corrected chi connectivity index (χ4v) is 2.57. The van der Waals surface area contributed by atoms with E-state index in [0.717, 1.165) is 5.70 Å². The Morgan fingerprint density at radius 1 is 1.52 bits per heavy atom. The van der Waals surface area contributed by atoms with E-state index in [2.05, 4.69) is 31.8 Å². The van der Waals surface area contributed by atoms with Gasteiger partial charge in [-0.2, -0.15) is 0 Å². The Bertz CT molecular complexity index is 768. The van der Waals surface area contributed by atoms with Crippen LogP contribution in [-0.2, 0) is 9.63 Å². The molecule has 8 nitrogen and oxygen atoms in total. The zero-order chi connectivity index (χ0) is 17.8. The Morgan fingerprint density at radius 2 is 2.36 bits per heavy atom. The molecule has 1 aromatic rings. The Hall–Kier alpha value is -2.27. The lowest BCUT2D eigenvalue weighted by Gasteiger charge is -2.29. The minimum atomic E-state index is -0.544. The van der Waals surface area contributed by atoms with Crippen molar-refractivity contribution in [3.05, 3.63) is 52.3 Å². The number of nitrogens with one attached hydrogen (secondary N) is 2. The van der Waals surface area contributed by atoms with E-state index < -0.39 is 11.7 Å². The number of anilines is 1. The number of hydrazine groups is 1. The van der Waals surface area contributed by atoms with Gasteiger partial charge in [0.15, 0.2) is 11.9 Å². The van der Waals surface area contributed by atoms with Crippen LogP contribution >= 0.6 is 15.9 Å². The van der Waals surface area contributed by atoms with Crippen molar-refractivity contribution in [2.45, 2.75) is 0 Å². The largest absolute Gasteiger partial charge is 0.394 e. The van der Waals surface area contributed by atoms with Crippen LogP contribution in [0.25, 0.3) is 0 Å². The molecule has 0 aliphatic carbocycles. The lowest BCUT2D eigenvalue weighted by molar-refractivity contribution is -0.131. The minimum Gasteiger partial charge on any atom is -0.394 e. The lowest BCUT2D eigenvalue weighted by atomic mass is 10.2. The summed E-state index contributed by atoms with van der Waals surface area (Å²) in [6.45, 7) is 0.0237. The fraction of sp³-hybridized carbons (Fsp3) is 0.200. The number of hydrogen-bond acceptors (Lipinski definition) is 7. The molecular weight excluding hydrogens is 397 g/mol. The summed E-state index contributed by atoms with van der Waals surface area (Å²) in [6.07, 6.45) is 4.77. The Kier molecular flexibility index (Phi) is 5.43. The summed E-state index contributed by atoms with van der Waals surface area (Å²) in [6, 6.07) is 4.57. The number of rotatable bonds is 6. The molecule has 0 unspecified atom stereocenters. The van der Waals surface area contributed by atoms with Crippen molar-refractivity contribution >= 4 is 33.9 Å². The number of hydroxylamine groups is 1. The molecule has 0 atom stereocenters. The number of carbonyl (C=O) groups is 1. The molecule has 3 N–H and O–H groups in total. The highest BCUT2D eigenvalue weighted by Crippen LogP contribution is 2.24. The molecule has 1 aromatic carbocycles. The number of fused-ring (bicyclic) bond motifs is 1. The summed E-state index contributed by atoms with van der Waals surface area (Å²) in [7, 11) is 0. The van der Waals surface area contributed by atoms with E-state index in [-0.39, 0.29) is 31.1 Å². The molecule has 0 bridgehead atoms. The van der Waals surface area contributed by atoms with Crippen LogP contribution in [0.2, 0.25) is 0 Å². The molecule has 1 radical (unpaired) electrons. The van der Waals surface area contributed by atoms with E-state index in [4.69, 9.17) is 9.94 Å². The van der Waals surface area contributed by atoms with Gasteiger partial charge in [0.05, 0.1) is 25.1 Å². The van der Waals surface area contributed by atoms with Crippen LogP contribution in [0.3, 0.4) is 0 Å². The average Bonchev–Trinajstić information content (AvgIpc) is 3.04. The van der Waals surface area contributed by atoms with Crippen LogP contribution in [0, 0.1) is 5.82 Å². The highest BCUT2D eigenvalue weighted by atomic mass is 79.9. The molecule has 0 saturated heterocycles. The Balaban J connectivity index is 1.81. The zero-order valence-corrected chi connectivity index (χ0v) is 14.5. The molecule has 0 aromatic heterocycles. The van der Waals surface area contributed by atoms with Gasteiger partial charge < -0.3 is 5.11 Å². The first-order chi connectivity index (χ1) is 12.1. The van der Waals surface area contributed by atoms with Gasteiger partial charge in [-0.05, 0) is 18.2 Å². The summed E-state index contributed by atoms with van der Waals surface area (Å²) in [5.74, 6) is -1.01. The number of aliphatic imine (C=N–C) groups is 1. The smallest absolute Gasteiger partial charge is 0.298 e. The highest BCUT2D eigenvalue weighted by Gasteiger charge is 2.36. The summed E-state index contributed by atoms with van der Waals surface area (Å²) in [5.41, 5.74) is 6.35. The van der Waals surface area contributed by atoms with Crippen LogP contribution in [0.5, 0.6) is 0 Å². The Labute approximate surface area is 151 Å². The van der Waals surface area contributed by atoms with Crippen molar-refractivity contribution in [2.75, 3.05) is 25.2 Å². The minimum absolute atomic E-state index is 0.0376. The maximum absolute atomic E-state index is 14.1. The highest BCUT2D eigenvalue weighted by molar-refractivity contribution is 9.10. The summed E-state index contributed by atoms with van der Waals surface area (Å²) >= 11 is 3.20. The molecule has 0 fully saturated rings. The van der Waals surface area contributed by atoms with E-state index in [1.807, 2.05) is 0 Å². The quantitative estimate of drug-likeness (QED) is 0.370. The first kappa shape index (κ1) is 17.5. The normalized spacial score (nSPS) is 16.4. The number of benzene rings is 1. The molecule has 2 heterocycles. The van der Waals surface area contributed by atoms with Crippen LogP contribution in [0.4, 0.5) is 10.1 Å². The summed E-state index contributed by atoms with van der Waals surface area (Å²) in [5, 5.41) is 10.2. The van der Waals surface area contributed by atoms with Gasteiger partial charge in [-0.1, -0.05) is 20.8 Å². The third-order valence-corrected chi connectivity index (χ3v) is 3.89. The second-order valence-electron chi connectivity index (χ2n) is 5.13. The van der Waals surface area contributed by atoms with Crippen LogP contribution in [-0.4, -0.2) is 42.1 Å². The number of hydrogen-bond donors (Lipinski definition) is 3. The number of nitrogens with zero attached hydrogens (tertiary/aromatic N) is 3. The van der Waals surface area contributed by atoms with Crippen LogP contribution < -0.4 is 15.8 Å². The second-order valence-corrected chi connectivity index (χ2v) is 6.05. The van der Waals surface area contributed by atoms with Gasteiger partial charge in [0.2, 0.25) is 12.0 Å². The third kappa shape index (κ3) is 4.04. The van der Waals surface area contributed by atoms with E-state index in [1.165, 1.54) is 11.1 Å². The van der Waals surface area contributed by atoms with Crippen molar-refractivity contribution in [3.63, 3.8) is 0 Å². The molecule has 2 aliphatic heterocycles. The van der Waals surface area contributed by atoms with Crippen LogP contribution in [0.15, 0.2) is 51.5 Å². The molecule has 2 aliphatic rings. The lowest BCUT2D eigenvalue weighted by Crippen LogP contribution is -2.46. The number of amides is 1. The van der Waals surface area contributed by atoms with Crippen molar-refractivity contribution in [1.82, 2.24) is 15.4 Å². The fourth-order valence-electron chi connectivity index (χ4n) is 2.24. The van der Waals surface area contributed by atoms with Gasteiger partial charge in [0.1, 0.15) is 12.4 Å². The monoisotopic (exact) mass is 411 g/mol. The molecule has 10 heteroatoms. The van der Waals surface area contributed by atoms with Gasteiger partial charge in [-0.15, -0.1) is 0 Å². The zero-order valence-electron chi connectivity index (χ0n) is 12.9. The molecule has 25 heavy (non-hydrogen) atoms. The predicted molar refractivity (Wildman–Crippen MR) is 92.4 cm³/mol. The Morgan fingerprint density at radius 3 is 3.12 bits per heavy atom. The second kappa shape index (κ2) is 7.74. The molecular formula is C15H15BrFN5O3+. The van der Waals surface area contributed by atoms with Crippen molar-refractivity contribution in [3.8, 4) is 0 Å². The van der Waals surface area contributed by atoms with Gasteiger partial charge in [-0.25, -0.2) is 14.9 Å². The predicted octanol–water partition coefficient (Wildman–Crippen LogP) is 1.14. The first-order valence-corrected chi connectivity index (χ1v) is 8.12. The number of halogens is 2. The molecule has 131 valence electrons. The summed E-state index contributed by atoms with van der Waals surface area (Å²) in [4.78, 5) is 22.9. The first-order valence-electron chi connectivity index (χ1n) is 7.33. The van der Waals surface area contributed by atoms with Gasteiger partial charge in [0, 0.05) is 4.47 Å². The number of aliphatic hydroxyl groups excluding tert-OH is 1. The molecule has 3 rings (SSSR count). The molecule has 0 spiro atoms. The third-order valence-electron chi connectivity index (χ3n) is 3.40. The topological polar surface area (TPSA) is 92.1 Å². The summed E-state index contributed by atoms with van der Waals surface area (Å²) < 4.78 is 14.7. The maximum atomic E-state index is 14.1. The average molecular weight is 412 g/mol. The number of carbonyl (C=O) groups excluding carboxylic acids is 1. The van der Waals surface area contributed by atoms with E-state index in [1.54, 1.807) is 35.8 Å². The van der Waals surface area contributed by atoms with E-state index in [0.29, 0.717) is 4.47 Å². The molecule has 0 saturated carbocycles. The van der Waals surface area contributed by atoms with Crippen LogP contribution in [0.1, 0.15) is 0 Å². The van der Waals surface area contributed by atoms with Crippen molar-refractivity contribution < 1.29 is 19.1 Å².